The van der Waals surface area contributed by atoms with Crippen LogP contribution in [-0.2, 0) is 28.6 Å². The van der Waals surface area contributed by atoms with Gasteiger partial charge >= 0.3 is 17.9 Å². The molecule has 0 bridgehead atoms. The predicted molar refractivity (Wildman–Crippen MR) is 347 cm³/mol. The Kier molecular flexibility index (Phi) is 60.6. The minimum Gasteiger partial charge on any atom is -0.462 e. The van der Waals surface area contributed by atoms with Gasteiger partial charge in [-0.1, -0.05) is 259 Å². The van der Waals surface area contributed by atoms with Crippen molar-refractivity contribution in [2.24, 2.45) is 0 Å². The lowest BCUT2D eigenvalue weighted by Gasteiger charge is -2.18. The third kappa shape index (κ3) is 62.8. The van der Waals surface area contributed by atoms with E-state index in [2.05, 4.69) is 215 Å². The molecule has 0 aliphatic rings. The first-order valence-corrected chi connectivity index (χ1v) is 31.1. The van der Waals surface area contributed by atoms with Crippen molar-refractivity contribution in [3.05, 3.63) is 207 Å². The summed E-state index contributed by atoms with van der Waals surface area (Å²) in [6.07, 6.45) is 101. The number of hydrogen-bond acceptors (Lipinski definition) is 6. The lowest BCUT2D eigenvalue weighted by molar-refractivity contribution is -0.166. The van der Waals surface area contributed by atoms with Crippen LogP contribution in [0, 0.1) is 0 Å². The Hall–Kier alpha value is -6.01. The van der Waals surface area contributed by atoms with Gasteiger partial charge in [0, 0.05) is 12.8 Å². The molecule has 442 valence electrons. The molecule has 0 rings (SSSR count). The summed E-state index contributed by atoms with van der Waals surface area (Å²) in [4.78, 5) is 38.1. The predicted octanol–water partition coefficient (Wildman–Crippen LogP) is 21.6. The first-order valence-electron chi connectivity index (χ1n) is 31.1. The van der Waals surface area contributed by atoms with Crippen LogP contribution in [0.15, 0.2) is 207 Å². The van der Waals surface area contributed by atoms with Crippen molar-refractivity contribution in [2.75, 3.05) is 13.2 Å². The molecule has 1 unspecified atom stereocenters. The van der Waals surface area contributed by atoms with E-state index in [0.717, 1.165) is 148 Å². The van der Waals surface area contributed by atoms with E-state index in [1.54, 1.807) is 6.08 Å². The first kappa shape index (κ1) is 74.0. The standard InChI is InChI=1S/C74H110O6/c1-4-7-10-13-16-19-22-25-28-29-30-31-32-33-34-35-36-37-38-39-40-41-42-43-44-45-47-49-52-55-58-61-64-67-73(76)79-70-71(69-78-72(75)66-63-60-57-54-51-48-27-24-21-18-15-12-9-6-3)80-74(77)68-65-62-59-56-53-50-46-26-23-20-17-14-11-8-5-2/h7-8,10-11,15-20,24-28,30-31,33-34,36-37,39-40,42-43,45-47,52-53,55-56,62,65,71H,4-6,9,12-14,21-23,29,32,35,38,41,44,48-51,54,57-61,63-64,66-70H2,1-3H3/b10-7-,11-8-,18-15-,19-16-,20-17-,27-24-,28-25-,31-30-,34-33-,37-36-,40-39-,43-42-,46-26-,47-45-,55-52-,56-53-,65-62-. The zero-order chi connectivity index (χ0) is 57.8. The van der Waals surface area contributed by atoms with Crippen molar-refractivity contribution in [2.45, 2.75) is 226 Å². The van der Waals surface area contributed by atoms with Gasteiger partial charge in [0.2, 0.25) is 0 Å². The van der Waals surface area contributed by atoms with Crippen LogP contribution in [-0.4, -0.2) is 37.2 Å². The summed E-state index contributed by atoms with van der Waals surface area (Å²) in [5.41, 5.74) is 0. The van der Waals surface area contributed by atoms with Crippen LogP contribution >= 0.6 is 0 Å². The Morgan fingerprint density at radius 1 is 0.275 bits per heavy atom. The van der Waals surface area contributed by atoms with E-state index in [1.807, 2.05) is 6.08 Å². The smallest absolute Gasteiger partial charge is 0.310 e. The lowest BCUT2D eigenvalue weighted by atomic mass is 10.1. The van der Waals surface area contributed by atoms with E-state index in [-0.39, 0.29) is 38.0 Å². The van der Waals surface area contributed by atoms with E-state index in [9.17, 15) is 14.4 Å². The van der Waals surface area contributed by atoms with Crippen molar-refractivity contribution in [1.29, 1.82) is 0 Å². The highest BCUT2D eigenvalue weighted by atomic mass is 16.6. The molecule has 0 aliphatic carbocycles. The summed E-state index contributed by atoms with van der Waals surface area (Å²) >= 11 is 0. The molecule has 1 atom stereocenters. The summed E-state index contributed by atoms with van der Waals surface area (Å²) < 4.78 is 16.7. The van der Waals surface area contributed by atoms with Gasteiger partial charge in [0.05, 0.1) is 6.42 Å². The van der Waals surface area contributed by atoms with E-state index in [0.29, 0.717) is 19.3 Å². The maximum Gasteiger partial charge on any atom is 0.310 e. The van der Waals surface area contributed by atoms with Crippen molar-refractivity contribution >= 4 is 17.9 Å². The average Bonchev–Trinajstić information content (AvgIpc) is 3.46. The molecule has 0 heterocycles. The Balaban J connectivity index is 4.50. The van der Waals surface area contributed by atoms with Crippen molar-refractivity contribution in [3.8, 4) is 0 Å². The minimum atomic E-state index is -0.869. The summed E-state index contributed by atoms with van der Waals surface area (Å²) in [6, 6.07) is 0. The molecule has 0 amide bonds. The molecule has 0 aromatic heterocycles. The van der Waals surface area contributed by atoms with Crippen molar-refractivity contribution < 1.29 is 28.6 Å². The molecule has 0 saturated heterocycles. The van der Waals surface area contributed by atoms with E-state index in [1.165, 1.54) is 19.3 Å². The van der Waals surface area contributed by atoms with Crippen LogP contribution < -0.4 is 0 Å². The van der Waals surface area contributed by atoms with Gasteiger partial charge < -0.3 is 14.2 Å². The summed E-state index contributed by atoms with van der Waals surface area (Å²) in [6.45, 7) is 6.21. The average molecular weight is 1100 g/mol. The molecule has 80 heavy (non-hydrogen) atoms. The fourth-order valence-electron chi connectivity index (χ4n) is 7.44. The van der Waals surface area contributed by atoms with Gasteiger partial charge in [-0.2, -0.15) is 0 Å². The number of ether oxygens (including phenoxy) is 3. The fraction of sp³-hybridized carbons (Fsp3) is 0.500. The highest BCUT2D eigenvalue weighted by molar-refractivity contribution is 5.72. The molecular formula is C74H110O6. The molecule has 0 aromatic rings. The molecule has 0 aromatic carbocycles. The Morgan fingerprint density at radius 3 is 0.850 bits per heavy atom. The van der Waals surface area contributed by atoms with Crippen LogP contribution in [0.3, 0.4) is 0 Å². The number of hydrogen-bond donors (Lipinski definition) is 0. The quantitative estimate of drug-likeness (QED) is 0.0261. The van der Waals surface area contributed by atoms with Gasteiger partial charge in [-0.25, -0.2) is 0 Å². The topological polar surface area (TPSA) is 78.9 Å². The summed E-state index contributed by atoms with van der Waals surface area (Å²) in [7, 11) is 0. The molecular weight excluding hydrogens is 985 g/mol. The second-order valence-corrected chi connectivity index (χ2v) is 19.5. The van der Waals surface area contributed by atoms with Crippen LogP contribution in [0.25, 0.3) is 0 Å². The van der Waals surface area contributed by atoms with Crippen LogP contribution in [0.2, 0.25) is 0 Å². The molecule has 6 nitrogen and oxygen atoms in total. The number of carbonyl (C=O) groups is 3. The second kappa shape index (κ2) is 65.5. The normalized spacial score (nSPS) is 13.6. The number of unbranched alkanes of at least 4 members (excludes halogenated alkanes) is 9. The highest BCUT2D eigenvalue weighted by Crippen LogP contribution is 2.11. The Morgan fingerprint density at radius 2 is 0.525 bits per heavy atom. The van der Waals surface area contributed by atoms with Gasteiger partial charge in [0.25, 0.3) is 0 Å². The van der Waals surface area contributed by atoms with Gasteiger partial charge in [-0.3, -0.25) is 14.4 Å². The highest BCUT2D eigenvalue weighted by Gasteiger charge is 2.19. The largest absolute Gasteiger partial charge is 0.462 e. The molecule has 6 heteroatoms. The zero-order valence-electron chi connectivity index (χ0n) is 50.5. The first-order chi connectivity index (χ1) is 39.5. The SMILES string of the molecule is CC/C=C\C/C=C\C/C=C\C/C=C\C/C=C\C/C=C\C/C=C\C/C=C\C/C=C\C/C=C\CCCCC(=O)OCC(COC(=O)CCCCCCC/C=C\C/C=C\CCCC)OC(=O)C/C=C\C/C=C\C/C=C\C/C=C\C/C=C\CC. The van der Waals surface area contributed by atoms with E-state index >= 15 is 0 Å². The van der Waals surface area contributed by atoms with Crippen LogP contribution in [0.1, 0.15) is 220 Å². The van der Waals surface area contributed by atoms with Gasteiger partial charge in [0.15, 0.2) is 6.10 Å². The van der Waals surface area contributed by atoms with Crippen molar-refractivity contribution in [3.63, 3.8) is 0 Å². The Bertz CT molecular complexity index is 1980. The van der Waals surface area contributed by atoms with Gasteiger partial charge in [-0.05, 0) is 148 Å². The minimum absolute atomic E-state index is 0.0727. The monoisotopic (exact) mass is 1090 g/mol. The summed E-state index contributed by atoms with van der Waals surface area (Å²) in [5, 5.41) is 0. The number of rotatable bonds is 53. The van der Waals surface area contributed by atoms with E-state index < -0.39 is 12.1 Å². The third-order valence-electron chi connectivity index (χ3n) is 12.0. The molecule has 0 N–H and O–H groups in total. The maximum absolute atomic E-state index is 12.8. The number of esters is 3. The Labute approximate surface area is 489 Å². The zero-order valence-corrected chi connectivity index (χ0v) is 50.5. The maximum atomic E-state index is 12.8. The number of allylic oxidation sites excluding steroid dienone is 33. The second-order valence-electron chi connectivity index (χ2n) is 19.5. The van der Waals surface area contributed by atoms with Crippen LogP contribution in [0.4, 0.5) is 0 Å². The van der Waals surface area contributed by atoms with E-state index in [4.69, 9.17) is 14.2 Å². The van der Waals surface area contributed by atoms with Crippen molar-refractivity contribution in [1.82, 2.24) is 0 Å². The molecule has 0 saturated carbocycles. The number of carbonyl (C=O) groups excluding carboxylic acids is 3. The molecule has 0 aliphatic heterocycles. The van der Waals surface area contributed by atoms with Crippen LogP contribution in [0.5, 0.6) is 0 Å². The lowest BCUT2D eigenvalue weighted by Crippen LogP contribution is -2.30. The molecule has 0 spiro atoms. The molecule has 0 fully saturated rings. The van der Waals surface area contributed by atoms with Gasteiger partial charge in [-0.15, -0.1) is 0 Å². The fourth-order valence-corrected chi connectivity index (χ4v) is 7.44. The third-order valence-corrected chi connectivity index (χ3v) is 12.0. The summed E-state index contributed by atoms with van der Waals surface area (Å²) in [5.74, 6) is -1.15. The molecule has 0 radical (unpaired) electrons. The van der Waals surface area contributed by atoms with Gasteiger partial charge in [0.1, 0.15) is 13.2 Å².